The molecule has 0 aliphatic carbocycles. The van der Waals surface area contributed by atoms with Crippen molar-refractivity contribution in [1.29, 1.82) is 0 Å². The molecule has 0 saturated carbocycles. The molecule has 0 amide bonds. The van der Waals surface area contributed by atoms with Gasteiger partial charge < -0.3 is 0 Å². The van der Waals surface area contributed by atoms with Gasteiger partial charge in [-0.15, -0.1) is 5.67 Å². The molecule has 0 rings (SSSR count). The Kier molecular flexibility index (Phi) is 4.06. The van der Waals surface area contributed by atoms with E-state index in [0.29, 0.717) is 0 Å². The highest BCUT2D eigenvalue weighted by molar-refractivity contribution is 6.48. The van der Waals surface area contributed by atoms with Crippen molar-refractivity contribution in [1.82, 2.24) is 0 Å². The molecule has 0 aliphatic heterocycles. The summed E-state index contributed by atoms with van der Waals surface area (Å²) in [6, 6.07) is 0. The first-order chi connectivity index (χ1) is 3.63. The van der Waals surface area contributed by atoms with Crippen molar-refractivity contribution in [3.8, 4) is 0 Å². The van der Waals surface area contributed by atoms with Crippen molar-refractivity contribution < 1.29 is 0 Å². The zero-order chi connectivity index (χ0) is 6.57. The minimum Gasteiger partial charge on any atom is -0.101 e. The molecule has 0 aromatic carbocycles. The molecule has 0 spiro atoms. The number of hydrogen-bond acceptors (Lipinski definition) is 0. The van der Waals surface area contributed by atoms with Crippen LogP contribution in [0.3, 0.4) is 0 Å². The largest absolute Gasteiger partial charge is 0.101 e. The summed E-state index contributed by atoms with van der Waals surface area (Å²) in [5, 5.41) is 0. The van der Waals surface area contributed by atoms with Gasteiger partial charge in [0.2, 0.25) is 0 Å². The first-order valence-corrected chi connectivity index (χ1v) is 4.37. The lowest BCUT2D eigenvalue weighted by Crippen LogP contribution is -1.95. The van der Waals surface area contributed by atoms with Crippen molar-refractivity contribution in [2.75, 3.05) is 0 Å². The Labute approximate surface area is 54.7 Å². The van der Waals surface area contributed by atoms with Crippen LogP contribution in [-0.4, -0.2) is 14.8 Å². The molecule has 0 nitrogen and oxygen atoms in total. The lowest BCUT2D eigenvalue weighted by molar-refractivity contribution is 0.918. The Morgan fingerprint density at radius 2 is 1.62 bits per heavy atom. The van der Waals surface area contributed by atoms with Crippen molar-refractivity contribution in [3.63, 3.8) is 0 Å². The van der Waals surface area contributed by atoms with Gasteiger partial charge in [-0.1, -0.05) is 27.7 Å². The van der Waals surface area contributed by atoms with E-state index in [9.17, 15) is 0 Å². The van der Waals surface area contributed by atoms with Crippen molar-refractivity contribution in [2.24, 2.45) is 5.92 Å². The minimum absolute atomic E-state index is 0.774. The van der Waals surface area contributed by atoms with Gasteiger partial charge in [0, 0.05) is 9.13 Å². The van der Waals surface area contributed by atoms with Crippen LogP contribution in [0.25, 0.3) is 0 Å². The minimum atomic E-state index is 0.774. The molecule has 0 saturated heterocycles. The molecular formula is C7H15Si. The summed E-state index contributed by atoms with van der Waals surface area (Å²) < 4.78 is 0. The van der Waals surface area contributed by atoms with Crippen molar-refractivity contribution in [3.05, 3.63) is 0 Å². The molecule has 0 bridgehead atoms. The third kappa shape index (κ3) is 6.09. The van der Waals surface area contributed by atoms with Gasteiger partial charge in [-0.3, -0.25) is 0 Å². The van der Waals surface area contributed by atoms with Crippen molar-refractivity contribution >= 4 is 14.8 Å². The highest BCUT2D eigenvalue weighted by atomic mass is 28.2. The summed E-state index contributed by atoms with van der Waals surface area (Å²) >= 11 is 0. The summed E-state index contributed by atoms with van der Waals surface area (Å²) in [6.45, 7) is 8.99. The zero-order valence-electron chi connectivity index (χ0n) is 6.23. The van der Waals surface area contributed by atoms with E-state index in [-0.39, 0.29) is 0 Å². The van der Waals surface area contributed by atoms with E-state index in [4.69, 9.17) is 0 Å². The van der Waals surface area contributed by atoms with Gasteiger partial charge in [-0.05, 0) is 11.5 Å². The molecule has 0 fully saturated rings. The summed E-state index contributed by atoms with van der Waals surface area (Å²) in [4.78, 5) is 0. The van der Waals surface area contributed by atoms with Crippen LogP contribution in [0, 0.1) is 5.92 Å². The first kappa shape index (κ1) is 8.09. The fraction of sp³-hybridized carbons (Fsp3) is 0.857. The summed E-state index contributed by atoms with van der Waals surface area (Å²) in [7, 11) is 1.04. The first-order valence-electron chi connectivity index (χ1n) is 3.22. The quantitative estimate of drug-likeness (QED) is 0.498. The number of rotatable bonds is 2. The van der Waals surface area contributed by atoms with Crippen LogP contribution in [-0.2, 0) is 0 Å². The van der Waals surface area contributed by atoms with Crippen LogP contribution in [0.5, 0.6) is 0 Å². The van der Waals surface area contributed by atoms with E-state index in [0.717, 1.165) is 20.6 Å². The van der Waals surface area contributed by atoms with Gasteiger partial charge >= 0.3 is 0 Å². The van der Waals surface area contributed by atoms with Gasteiger partial charge in [0.15, 0.2) is 0 Å². The van der Waals surface area contributed by atoms with Crippen LogP contribution in [0.4, 0.5) is 0 Å². The van der Waals surface area contributed by atoms with E-state index in [1.54, 1.807) is 0 Å². The SMILES string of the molecule is CC(C)C=[Si]C(C)C. The van der Waals surface area contributed by atoms with E-state index in [1.807, 2.05) is 0 Å². The van der Waals surface area contributed by atoms with E-state index in [1.165, 1.54) is 0 Å². The predicted molar refractivity (Wildman–Crippen MR) is 41.8 cm³/mol. The molecule has 47 valence electrons. The zero-order valence-corrected chi connectivity index (χ0v) is 7.23. The standard InChI is InChI=1S/C7H15Si/c1-6(2)5-8-7(3)4/h5-7H,1-4H3. The normalized spacial score (nSPS) is 12.2. The monoisotopic (exact) mass is 127 g/mol. The fourth-order valence-electron chi connectivity index (χ4n) is 0.385. The Balaban J connectivity index is 3.34. The Hall–Kier alpha value is 0.0869. The van der Waals surface area contributed by atoms with E-state index < -0.39 is 0 Å². The van der Waals surface area contributed by atoms with Gasteiger partial charge in [-0.2, -0.15) is 0 Å². The van der Waals surface area contributed by atoms with E-state index in [2.05, 4.69) is 33.4 Å². The Bertz CT molecular complexity index is 62.5. The smallest absolute Gasteiger partial charge is 0.0179 e. The maximum atomic E-state index is 2.39. The summed E-state index contributed by atoms with van der Waals surface area (Å²) in [5.74, 6) is 0.774. The fourth-order valence-corrected chi connectivity index (χ4v) is 1.15. The maximum absolute atomic E-state index is 2.39. The van der Waals surface area contributed by atoms with Gasteiger partial charge in [0.25, 0.3) is 0 Å². The van der Waals surface area contributed by atoms with Crippen molar-refractivity contribution in [2.45, 2.75) is 33.2 Å². The molecule has 0 N–H and O–H groups in total. The topological polar surface area (TPSA) is 0 Å². The molecule has 0 aromatic rings. The molecule has 0 heterocycles. The summed E-state index contributed by atoms with van der Waals surface area (Å²) in [6.07, 6.45) is 0. The van der Waals surface area contributed by atoms with E-state index >= 15 is 0 Å². The number of hydrogen-bond donors (Lipinski definition) is 0. The van der Waals surface area contributed by atoms with Gasteiger partial charge in [-0.25, -0.2) is 0 Å². The highest BCUT2D eigenvalue weighted by Gasteiger charge is 1.86. The summed E-state index contributed by atoms with van der Waals surface area (Å²) in [5.41, 5.74) is 3.25. The Morgan fingerprint density at radius 1 is 1.12 bits per heavy atom. The second-order valence-corrected chi connectivity index (χ2v) is 4.55. The molecule has 0 aliphatic rings. The van der Waals surface area contributed by atoms with Crippen LogP contribution >= 0.6 is 0 Å². The second-order valence-electron chi connectivity index (χ2n) is 2.73. The molecule has 0 unspecified atom stereocenters. The second kappa shape index (κ2) is 4.01. The molecule has 1 heteroatoms. The molecule has 0 aromatic heterocycles. The average molecular weight is 127 g/mol. The lowest BCUT2D eigenvalue weighted by atomic mass is 10.3. The van der Waals surface area contributed by atoms with Crippen LogP contribution in [0.2, 0.25) is 5.54 Å². The predicted octanol–water partition coefficient (Wildman–Crippen LogP) is 1.98. The van der Waals surface area contributed by atoms with Crippen LogP contribution in [0.1, 0.15) is 27.7 Å². The molecule has 1 radical (unpaired) electrons. The average Bonchev–Trinajstić information content (AvgIpc) is 1.61. The Morgan fingerprint density at radius 3 is 1.75 bits per heavy atom. The lowest BCUT2D eigenvalue weighted by Gasteiger charge is -1.94. The third-order valence-electron chi connectivity index (χ3n) is 0.763. The van der Waals surface area contributed by atoms with Gasteiger partial charge in [0.05, 0.1) is 0 Å². The third-order valence-corrected chi connectivity index (χ3v) is 2.29. The highest BCUT2D eigenvalue weighted by Crippen LogP contribution is 1.92. The van der Waals surface area contributed by atoms with Crippen LogP contribution < -0.4 is 0 Å². The maximum Gasteiger partial charge on any atom is 0.0179 e. The molecule has 0 atom stereocenters. The molecule has 8 heavy (non-hydrogen) atoms. The van der Waals surface area contributed by atoms with Gasteiger partial charge in [0.1, 0.15) is 0 Å². The molecular weight excluding hydrogens is 112 g/mol. The van der Waals surface area contributed by atoms with Crippen LogP contribution in [0.15, 0.2) is 0 Å².